The van der Waals surface area contributed by atoms with E-state index in [0.717, 1.165) is 19.6 Å². The van der Waals surface area contributed by atoms with Crippen LogP contribution in [-0.2, 0) is 9.47 Å². The first kappa shape index (κ1) is 13.9. The van der Waals surface area contributed by atoms with Crippen LogP contribution in [0.5, 0.6) is 0 Å². The van der Waals surface area contributed by atoms with Gasteiger partial charge in [0.15, 0.2) is 0 Å². The number of nitrogens with one attached hydrogen (secondary N) is 1. The molecule has 1 N–H and O–H groups in total. The highest BCUT2D eigenvalue weighted by atomic mass is 16.5. The highest BCUT2D eigenvalue weighted by Gasteiger charge is 2.33. The molecule has 1 fully saturated rings. The van der Waals surface area contributed by atoms with E-state index >= 15 is 0 Å². The van der Waals surface area contributed by atoms with E-state index in [-0.39, 0.29) is 12.2 Å². The van der Waals surface area contributed by atoms with Crippen LogP contribution in [0.2, 0.25) is 0 Å². The summed E-state index contributed by atoms with van der Waals surface area (Å²) in [5, 5.41) is 3.37. The van der Waals surface area contributed by atoms with Gasteiger partial charge in [-0.05, 0) is 13.5 Å². The zero-order valence-electron chi connectivity index (χ0n) is 11.0. The normalized spacial score (nSPS) is 28.5. The number of likely N-dealkylation sites (tertiary alicyclic amines) is 1. The molecule has 0 aliphatic carbocycles. The van der Waals surface area contributed by atoms with Gasteiger partial charge in [0.25, 0.3) is 0 Å². The minimum atomic E-state index is 0.226. The van der Waals surface area contributed by atoms with Gasteiger partial charge in [0.05, 0.1) is 12.2 Å². The standard InChI is InChI=1S/C12H26N2O2/c1-5-6-10(13-2)7-14-8-11(15-3)12(9-14)16-4/h10-13H,5-9H2,1-4H3. The van der Waals surface area contributed by atoms with Crippen molar-refractivity contribution in [3.05, 3.63) is 0 Å². The molecule has 4 heteroatoms. The van der Waals surface area contributed by atoms with E-state index in [9.17, 15) is 0 Å². The van der Waals surface area contributed by atoms with E-state index < -0.39 is 0 Å². The molecule has 1 aliphatic rings. The lowest BCUT2D eigenvalue weighted by Crippen LogP contribution is -2.39. The fourth-order valence-corrected chi connectivity index (χ4v) is 2.41. The predicted molar refractivity (Wildman–Crippen MR) is 65.8 cm³/mol. The summed E-state index contributed by atoms with van der Waals surface area (Å²) in [5.74, 6) is 0. The summed E-state index contributed by atoms with van der Waals surface area (Å²) >= 11 is 0. The third-order valence-corrected chi connectivity index (χ3v) is 3.42. The lowest BCUT2D eigenvalue weighted by atomic mass is 10.1. The van der Waals surface area contributed by atoms with Crippen molar-refractivity contribution in [2.45, 2.75) is 38.0 Å². The van der Waals surface area contributed by atoms with Crippen molar-refractivity contribution in [3.63, 3.8) is 0 Å². The average molecular weight is 230 g/mol. The Morgan fingerprint density at radius 3 is 2.19 bits per heavy atom. The third kappa shape index (κ3) is 3.70. The van der Waals surface area contributed by atoms with Gasteiger partial charge < -0.3 is 14.8 Å². The van der Waals surface area contributed by atoms with E-state index in [1.54, 1.807) is 14.2 Å². The summed E-state index contributed by atoms with van der Waals surface area (Å²) in [6.07, 6.45) is 2.90. The van der Waals surface area contributed by atoms with E-state index in [4.69, 9.17) is 9.47 Å². The van der Waals surface area contributed by atoms with Gasteiger partial charge in [-0.25, -0.2) is 0 Å². The highest BCUT2D eigenvalue weighted by Crippen LogP contribution is 2.16. The fraction of sp³-hybridized carbons (Fsp3) is 1.00. The molecule has 1 rings (SSSR count). The second-order valence-electron chi connectivity index (χ2n) is 4.54. The second kappa shape index (κ2) is 7.22. The van der Waals surface area contributed by atoms with E-state index in [1.807, 2.05) is 7.05 Å². The van der Waals surface area contributed by atoms with Gasteiger partial charge in [0.2, 0.25) is 0 Å². The van der Waals surface area contributed by atoms with Crippen LogP contribution in [0.25, 0.3) is 0 Å². The Morgan fingerprint density at radius 2 is 1.81 bits per heavy atom. The minimum absolute atomic E-state index is 0.226. The molecule has 0 radical (unpaired) electrons. The van der Waals surface area contributed by atoms with Crippen LogP contribution in [0.4, 0.5) is 0 Å². The molecule has 16 heavy (non-hydrogen) atoms. The summed E-state index contributed by atoms with van der Waals surface area (Å²) in [4.78, 5) is 2.43. The predicted octanol–water partition coefficient (Wildman–Crippen LogP) is 0.720. The first-order chi connectivity index (χ1) is 7.74. The molecule has 0 aromatic carbocycles. The molecule has 1 aliphatic heterocycles. The molecule has 0 saturated carbocycles. The Kier molecular flexibility index (Phi) is 6.28. The van der Waals surface area contributed by atoms with E-state index in [0.29, 0.717) is 6.04 Å². The van der Waals surface area contributed by atoms with Crippen molar-refractivity contribution in [1.29, 1.82) is 0 Å². The molecule has 3 atom stereocenters. The van der Waals surface area contributed by atoms with Gasteiger partial charge in [-0.1, -0.05) is 13.3 Å². The molecule has 0 bridgehead atoms. The smallest absolute Gasteiger partial charge is 0.0971 e. The monoisotopic (exact) mass is 230 g/mol. The lowest BCUT2D eigenvalue weighted by Gasteiger charge is -2.22. The van der Waals surface area contributed by atoms with Crippen LogP contribution in [0, 0.1) is 0 Å². The molecule has 4 nitrogen and oxygen atoms in total. The Hall–Kier alpha value is -0.160. The molecular formula is C12H26N2O2. The number of hydrogen-bond donors (Lipinski definition) is 1. The summed E-state index contributed by atoms with van der Waals surface area (Å²) in [6.45, 7) is 5.28. The Balaban J connectivity index is 2.38. The van der Waals surface area contributed by atoms with Crippen molar-refractivity contribution in [2.75, 3.05) is 40.9 Å². The average Bonchev–Trinajstić information content (AvgIpc) is 2.70. The van der Waals surface area contributed by atoms with Gasteiger partial charge in [-0.3, -0.25) is 4.90 Å². The van der Waals surface area contributed by atoms with E-state index in [1.165, 1.54) is 12.8 Å². The first-order valence-electron chi connectivity index (χ1n) is 6.20. The van der Waals surface area contributed by atoms with Crippen molar-refractivity contribution < 1.29 is 9.47 Å². The minimum Gasteiger partial charge on any atom is -0.377 e. The number of hydrogen-bond acceptors (Lipinski definition) is 4. The van der Waals surface area contributed by atoms with Crippen LogP contribution >= 0.6 is 0 Å². The summed E-state index contributed by atoms with van der Waals surface area (Å²) in [7, 11) is 5.57. The number of nitrogens with zero attached hydrogens (tertiary/aromatic N) is 1. The molecule has 96 valence electrons. The summed E-state index contributed by atoms with van der Waals surface area (Å²) in [6, 6.07) is 0.582. The number of ether oxygens (including phenoxy) is 2. The molecule has 0 amide bonds. The quantitative estimate of drug-likeness (QED) is 0.699. The van der Waals surface area contributed by atoms with Crippen LogP contribution < -0.4 is 5.32 Å². The Labute approximate surface area is 99.3 Å². The fourth-order valence-electron chi connectivity index (χ4n) is 2.41. The number of methoxy groups -OCH3 is 2. The maximum Gasteiger partial charge on any atom is 0.0971 e. The van der Waals surface area contributed by atoms with Crippen LogP contribution in [0.1, 0.15) is 19.8 Å². The largest absolute Gasteiger partial charge is 0.377 e. The van der Waals surface area contributed by atoms with Gasteiger partial charge in [-0.2, -0.15) is 0 Å². The number of rotatable bonds is 7. The van der Waals surface area contributed by atoms with Crippen molar-refractivity contribution in [2.24, 2.45) is 0 Å². The number of likely N-dealkylation sites (N-methyl/N-ethyl adjacent to an activating group) is 1. The zero-order valence-corrected chi connectivity index (χ0v) is 11.0. The molecule has 3 unspecified atom stereocenters. The molecule has 0 aromatic heterocycles. The van der Waals surface area contributed by atoms with E-state index in [2.05, 4.69) is 17.1 Å². The topological polar surface area (TPSA) is 33.7 Å². The van der Waals surface area contributed by atoms with Crippen LogP contribution in [-0.4, -0.2) is 64.1 Å². The maximum absolute atomic E-state index is 5.43. The van der Waals surface area contributed by atoms with Crippen molar-refractivity contribution in [1.82, 2.24) is 10.2 Å². The van der Waals surface area contributed by atoms with Crippen LogP contribution in [0.15, 0.2) is 0 Å². The zero-order chi connectivity index (χ0) is 12.0. The second-order valence-corrected chi connectivity index (χ2v) is 4.54. The van der Waals surface area contributed by atoms with Gasteiger partial charge in [-0.15, -0.1) is 0 Å². The molecular weight excluding hydrogens is 204 g/mol. The highest BCUT2D eigenvalue weighted by molar-refractivity contribution is 4.87. The molecule has 1 heterocycles. The van der Waals surface area contributed by atoms with Gasteiger partial charge in [0.1, 0.15) is 0 Å². The maximum atomic E-state index is 5.43. The molecule has 0 spiro atoms. The summed E-state index contributed by atoms with van der Waals surface area (Å²) < 4.78 is 10.9. The lowest BCUT2D eigenvalue weighted by molar-refractivity contribution is -0.00461. The Bertz CT molecular complexity index is 178. The molecule has 0 aromatic rings. The SMILES string of the molecule is CCCC(CN1CC(OC)C(OC)C1)NC. The van der Waals surface area contributed by atoms with Crippen molar-refractivity contribution >= 4 is 0 Å². The third-order valence-electron chi connectivity index (χ3n) is 3.42. The summed E-state index contributed by atoms with van der Waals surface area (Å²) in [5.41, 5.74) is 0. The first-order valence-corrected chi connectivity index (χ1v) is 6.20. The van der Waals surface area contributed by atoms with Gasteiger partial charge in [0, 0.05) is 39.9 Å². The Morgan fingerprint density at radius 1 is 1.25 bits per heavy atom. The molecule has 1 saturated heterocycles. The van der Waals surface area contributed by atoms with Gasteiger partial charge >= 0.3 is 0 Å². The van der Waals surface area contributed by atoms with Crippen LogP contribution in [0.3, 0.4) is 0 Å². The van der Waals surface area contributed by atoms with Crippen molar-refractivity contribution in [3.8, 4) is 0 Å².